The monoisotopic (exact) mass is 325 g/mol. The number of halogens is 3. The molecule has 0 aliphatic heterocycles. The van der Waals surface area contributed by atoms with Gasteiger partial charge in [0, 0.05) is 16.1 Å². The van der Waals surface area contributed by atoms with Gasteiger partial charge in [-0.25, -0.2) is 0 Å². The van der Waals surface area contributed by atoms with Crippen molar-refractivity contribution in [2.24, 2.45) is 5.73 Å². The molecule has 1 aromatic carbocycles. The molecule has 0 saturated carbocycles. The lowest BCUT2D eigenvalue weighted by molar-refractivity contribution is 0.459. The fraction of sp³-hybridized carbons (Fsp3) is 0.273. The molecule has 0 unspecified atom stereocenters. The van der Waals surface area contributed by atoms with Gasteiger partial charge < -0.3 is 10.8 Å². The Balaban J connectivity index is 0.00000225. The summed E-state index contributed by atoms with van der Waals surface area (Å²) in [4.78, 5) is 0. The van der Waals surface area contributed by atoms with Gasteiger partial charge in [-0.3, -0.25) is 0 Å². The highest BCUT2D eigenvalue weighted by atomic mass is 79.9. The van der Waals surface area contributed by atoms with Gasteiger partial charge in [-0.2, -0.15) is 0 Å². The highest BCUT2D eigenvalue weighted by Crippen LogP contribution is 2.35. The number of phenols is 1. The Bertz CT molecular complexity index is 371. The standard InChI is InChI=1S/C11H13BrClNO.ClH/c1-2-3-4-10(14)8-5-7(12)6-9(13)11(8)15;/h2,5-6,10,15H,1,3-4,14H2;1H/t10-;/m0./s1. The SMILES string of the molecule is C=CCC[C@H](N)c1cc(Br)cc(Cl)c1O.Cl. The Morgan fingerprint density at radius 2 is 2.19 bits per heavy atom. The molecule has 0 spiro atoms. The predicted molar refractivity (Wildman–Crippen MR) is 74.4 cm³/mol. The van der Waals surface area contributed by atoms with Crippen molar-refractivity contribution in [1.29, 1.82) is 0 Å². The lowest BCUT2D eigenvalue weighted by Gasteiger charge is -2.14. The van der Waals surface area contributed by atoms with Crippen molar-refractivity contribution in [2.75, 3.05) is 0 Å². The third-order valence-electron chi connectivity index (χ3n) is 2.14. The molecule has 16 heavy (non-hydrogen) atoms. The minimum atomic E-state index is -0.224. The summed E-state index contributed by atoms with van der Waals surface area (Å²) in [6.45, 7) is 3.63. The maximum Gasteiger partial charge on any atom is 0.139 e. The van der Waals surface area contributed by atoms with E-state index in [9.17, 15) is 5.11 Å². The first kappa shape index (κ1) is 15.8. The summed E-state index contributed by atoms with van der Waals surface area (Å²) < 4.78 is 0.814. The normalized spacial score (nSPS) is 11.7. The minimum absolute atomic E-state index is 0. The summed E-state index contributed by atoms with van der Waals surface area (Å²) >= 11 is 9.15. The average molecular weight is 327 g/mol. The Kier molecular flexibility index (Phi) is 7.07. The van der Waals surface area contributed by atoms with Crippen LogP contribution in [0.5, 0.6) is 5.75 Å². The zero-order valence-corrected chi connectivity index (χ0v) is 11.8. The van der Waals surface area contributed by atoms with Crippen molar-refractivity contribution in [3.05, 3.63) is 39.8 Å². The minimum Gasteiger partial charge on any atom is -0.506 e. The molecule has 0 amide bonds. The smallest absolute Gasteiger partial charge is 0.139 e. The van der Waals surface area contributed by atoms with Crippen LogP contribution in [-0.4, -0.2) is 5.11 Å². The first-order valence-electron chi connectivity index (χ1n) is 4.60. The highest BCUT2D eigenvalue weighted by molar-refractivity contribution is 9.10. The van der Waals surface area contributed by atoms with Crippen LogP contribution in [0.2, 0.25) is 5.02 Å². The number of benzene rings is 1. The van der Waals surface area contributed by atoms with Crippen LogP contribution in [-0.2, 0) is 0 Å². The second kappa shape index (κ2) is 7.17. The summed E-state index contributed by atoms with van der Waals surface area (Å²) in [6, 6.07) is 3.20. The molecule has 3 N–H and O–H groups in total. The molecule has 0 aliphatic rings. The molecule has 1 rings (SSSR count). The van der Waals surface area contributed by atoms with Crippen molar-refractivity contribution in [2.45, 2.75) is 18.9 Å². The van der Waals surface area contributed by atoms with Crippen LogP contribution in [0.1, 0.15) is 24.4 Å². The number of hydrogen-bond donors (Lipinski definition) is 2. The van der Waals surface area contributed by atoms with Crippen molar-refractivity contribution >= 4 is 39.9 Å². The predicted octanol–water partition coefficient (Wildman–Crippen LogP) is 4.20. The molecule has 0 radical (unpaired) electrons. The van der Waals surface area contributed by atoms with E-state index in [0.717, 1.165) is 17.3 Å². The highest BCUT2D eigenvalue weighted by Gasteiger charge is 2.13. The van der Waals surface area contributed by atoms with Gasteiger partial charge in [0.1, 0.15) is 5.75 Å². The Labute approximate surface area is 115 Å². The summed E-state index contributed by atoms with van der Waals surface area (Å²) in [7, 11) is 0. The lowest BCUT2D eigenvalue weighted by Crippen LogP contribution is -2.10. The molecule has 0 fully saturated rings. The van der Waals surface area contributed by atoms with E-state index < -0.39 is 0 Å². The van der Waals surface area contributed by atoms with Crippen LogP contribution in [0.15, 0.2) is 29.3 Å². The van der Waals surface area contributed by atoms with Crippen molar-refractivity contribution < 1.29 is 5.11 Å². The zero-order chi connectivity index (χ0) is 11.4. The molecule has 0 aliphatic carbocycles. The van der Waals surface area contributed by atoms with E-state index in [0.29, 0.717) is 10.6 Å². The van der Waals surface area contributed by atoms with Gasteiger partial charge in [0.25, 0.3) is 0 Å². The number of rotatable bonds is 4. The van der Waals surface area contributed by atoms with Crippen LogP contribution in [0.25, 0.3) is 0 Å². The van der Waals surface area contributed by atoms with Gasteiger partial charge in [-0.15, -0.1) is 19.0 Å². The van der Waals surface area contributed by atoms with E-state index in [1.54, 1.807) is 18.2 Å². The summed E-state index contributed by atoms with van der Waals surface area (Å²) in [6.07, 6.45) is 3.35. The van der Waals surface area contributed by atoms with E-state index >= 15 is 0 Å². The number of nitrogens with two attached hydrogens (primary N) is 1. The Morgan fingerprint density at radius 1 is 1.56 bits per heavy atom. The summed E-state index contributed by atoms with van der Waals surface area (Å²) in [5.74, 6) is 0.0661. The second-order valence-corrected chi connectivity index (χ2v) is 4.62. The molecular weight excluding hydrogens is 313 g/mol. The molecule has 1 aromatic rings. The molecule has 90 valence electrons. The van der Waals surface area contributed by atoms with E-state index in [4.69, 9.17) is 17.3 Å². The van der Waals surface area contributed by atoms with Gasteiger partial charge in [-0.05, 0) is 25.0 Å². The van der Waals surface area contributed by atoms with Crippen molar-refractivity contribution in [3.63, 3.8) is 0 Å². The van der Waals surface area contributed by atoms with Crippen molar-refractivity contribution in [1.82, 2.24) is 0 Å². The molecule has 0 saturated heterocycles. The number of hydrogen-bond acceptors (Lipinski definition) is 2. The summed E-state index contributed by atoms with van der Waals surface area (Å²) in [5, 5.41) is 10.0. The Morgan fingerprint density at radius 3 is 2.75 bits per heavy atom. The van der Waals surface area contributed by atoms with Gasteiger partial charge in [0.15, 0.2) is 0 Å². The van der Waals surface area contributed by atoms with Crippen LogP contribution < -0.4 is 5.73 Å². The van der Waals surface area contributed by atoms with Gasteiger partial charge in [0.05, 0.1) is 5.02 Å². The number of aromatic hydroxyl groups is 1. The van der Waals surface area contributed by atoms with Gasteiger partial charge in [-0.1, -0.05) is 33.6 Å². The fourth-order valence-corrected chi connectivity index (χ4v) is 2.16. The van der Waals surface area contributed by atoms with E-state index in [1.165, 1.54) is 0 Å². The third-order valence-corrected chi connectivity index (χ3v) is 2.88. The molecule has 0 aromatic heterocycles. The largest absolute Gasteiger partial charge is 0.506 e. The molecule has 1 atom stereocenters. The topological polar surface area (TPSA) is 46.2 Å². The Hall–Kier alpha value is -0.220. The molecule has 2 nitrogen and oxygen atoms in total. The van der Waals surface area contributed by atoms with Crippen molar-refractivity contribution in [3.8, 4) is 5.75 Å². The molecule has 0 heterocycles. The van der Waals surface area contributed by atoms with Gasteiger partial charge >= 0.3 is 0 Å². The molecule has 0 bridgehead atoms. The third kappa shape index (κ3) is 3.98. The maximum absolute atomic E-state index is 9.73. The van der Waals surface area contributed by atoms with Crippen LogP contribution in [0.4, 0.5) is 0 Å². The first-order chi connectivity index (χ1) is 7.06. The fourth-order valence-electron chi connectivity index (χ4n) is 1.32. The van der Waals surface area contributed by atoms with Crippen LogP contribution in [0, 0.1) is 0 Å². The first-order valence-corrected chi connectivity index (χ1v) is 5.77. The number of allylic oxidation sites excluding steroid dienone is 1. The lowest BCUT2D eigenvalue weighted by atomic mass is 10.0. The van der Waals surface area contributed by atoms with Gasteiger partial charge in [0.2, 0.25) is 0 Å². The molecular formula is C11H14BrCl2NO. The zero-order valence-electron chi connectivity index (χ0n) is 8.62. The number of phenolic OH excluding ortho intramolecular Hbond substituents is 1. The van der Waals surface area contributed by atoms with E-state index in [2.05, 4.69) is 22.5 Å². The molecule has 5 heteroatoms. The second-order valence-electron chi connectivity index (χ2n) is 3.30. The van der Waals surface area contributed by atoms with Crippen LogP contribution >= 0.6 is 39.9 Å². The quantitative estimate of drug-likeness (QED) is 0.815. The maximum atomic E-state index is 9.73. The van der Waals surface area contributed by atoms with Crippen LogP contribution in [0.3, 0.4) is 0 Å². The van der Waals surface area contributed by atoms with E-state index in [-0.39, 0.29) is 24.2 Å². The van der Waals surface area contributed by atoms with E-state index in [1.807, 2.05) is 0 Å². The summed E-state index contributed by atoms with van der Waals surface area (Å²) in [5.41, 5.74) is 6.60. The average Bonchev–Trinajstić information content (AvgIpc) is 2.19.